The minimum Gasteiger partial charge on any atom is -0.481 e. The number of piperidine rings is 1. The zero-order valence-corrected chi connectivity index (χ0v) is 15.0. The number of carboxylic acids is 1. The summed E-state index contributed by atoms with van der Waals surface area (Å²) in [5, 5.41) is 10.4. The minimum atomic E-state index is -0.816. The molecule has 3 aromatic rings. The van der Waals surface area contributed by atoms with Crippen LogP contribution in [0.5, 0.6) is 0 Å². The number of benzene rings is 2. The largest absolute Gasteiger partial charge is 0.481 e. The first kappa shape index (κ1) is 17.3. The van der Waals surface area contributed by atoms with Crippen LogP contribution in [-0.2, 0) is 16.1 Å². The molecule has 0 aliphatic carbocycles. The Labute approximate surface area is 157 Å². The molecule has 0 saturated carbocycles. The maximum atomic E-state index is 13.0. The zero-order valence-electron chi connectivity index (χ0n) is 15.0. The molecule has 2 aromatic carbocycles. The Morgan fingerprint density at radius 2 is 1.78 bits per heavy atom. The van der Waals surface area contributed by atoms with Gasteiger partial charge in [-0.1, -0.05) is 48.5 Å². The van der Waals surface area contributed by atoms with E-state index in [0.29, 0.717) is 19.5 Å². The number of carboxylic acid groups (broad SMARTS) is 1. The molecule has 0 bridgehead atoms. The molecule has 0 radical (unpaired) electrons. The quantitative estimate of drug-likeness (QED) is 0.771. The summed E-state index contributed by atoms with van der Waals surface area (Å²) in [7, 11) is 0. The number of fused-ring (bicyclic) bond motifs is 1. The number of carbonyl (C=O) groups excluding carboxylic acids is 1. The smallest absolute Gasteiger partial charge is 0.308 e. The predicted molar refractivity (Wildman–Crippen MR) is 104 cm³/mol. The number of aromatic nitrogens is 1. The van der Waals surface area contributed by atoms with E-state index in [2.05, 4.69) is 6.07 Å². The summed E-state index contributed by atoms with van der Waals surface area (Å²) in [4.78, 5) is 26.0. The number of para-hydroxylation sites is 1. The van der Waals surface area contributed by atoms with Gasteiger partial charge in [-0.05, 0) is 30.5 Å². The van der Waals surface area contributed by atoms with Crippen LogP contribution in [-0.4, -0.2) is 39.5 Å². The van der Waals surface area contributed by atoms with Gasteiger partial charge in [-0.2, -0.15) is 0 Å². The van der Waals surface area contributed by atoms with E-state index >= 15 is 0 Å². The topological polar surface area (TPSA) is 62.5 Å². The predicted octanol–water partition coefficient (Wildman–Crippen LogP) is 3.63. The average Bonchev–Trinajstić information content (AvgIpc) is 3.07. The number of hydrogen-bond acceptors (Lipinski definition) is 2. The van der Waals surface area contributed by atoms with Gasteiger partial charge < -0.3 is 14.6 Å². The molecule has 1 aromatic heterocycles. The van der Waals surface area contributed by atoms with Crippen LogP contribution in [0, 0.1) is 5.92 Å². The third-order valence-corrected chi connectivity index (χ3v) is 5.30. The van der Waals surface area contributed by atoms with E-state index in [0.717, 1.165) is 28.6 Å². The normalized spacial score (nSPS) is 17.2. The summed E-state index contributed by atoms with van der Waals surface area (Å²) in [6.07, 6.45) is 1.38. The van der Waals surface area contributed by atoms with Gasteiger partial charge in [0.25, 0.3) is 0 Å². The van der Waals surface area contributed by atoms with E-state index in [-0.39, 0.29) is 12.5 Å². The molecule has 1 saturated heterocycles. The number of hydrogen-bond donors (Lipinski definition) is 1. The monoisotopic (exact) mass is 362 g/mol. The Morgan fingerprint density at radius 1 is 1.04 bits per heavy atom. The molecule has 4 rings (SSSR count). The fourth-order valence-electron chi connectivity index (χ4n) is 3.87. The van der Waals surface area contributed by atoms with Crippen molar-refractivity contribution in [2.24, 2.45) is 5.92 Å². The third kappa shape index (κ3) is 3.45. The van der Waals surface area contributed by atoms with Crippen molar-refractivity contribution < 1.29 is 14.7 Å². The lowest BCUT2D eigenvalue weighted by Crippen LogP contribution is -2.43. The van der Waals surface area contributed by atoms with Crippen LogP contribution in [0.2, 0.25) is 0 Å². The molecular weight excluding hydrogens is 340 g/mol. The molecular formula is C22H22N2O3. The van der Waals surface area contributed by atoms with Gasteiger partial charge in [0.05, 0.1) is 5.92 Å². The second-order valence-corrected chi connectivity index (χ2v) is 7.06. The lowest BCUT2D eigenvalue weighted by molar-refractivity contribution is -0.145. The van der Waals surface area contributed by atoms with Gasteiger partial charge in [-0.25, -0.2) is 0 Å². The Bertz CT molecular complexity index is 978. The molecule has 2 heterocycles. The van der Waals surface area contributed by atoms with Crippen LogP contribution in [0.1, 0.15) is 12.8 Å². The summed E-state index contributed by atoms with van der Waals surface area (Å²) in [6, 6.07) is 20.2. The molecule has 1 fully saturated rings. The van der Waals surface area contributed by atoms with Crippen molar-refractivity contribution in [3.05, 3.63) is 60.7 Å². The average molecular weight is 362 g/mol. The zero-order chi connectivity index (χ0) is 18.8. The second kappa shape index (κ2) is 7.27. The Kier molecular flexibility index (Phi) is 4.67. The van der Waals surface area contributed by atoms with Gasteiger partial charge in [-0.3, -0.25) is 9.59 Å². The summed E-state index contributed by atoms with van der Waals surface area (Å²) >= 11 is 0. The fourth-order valence-corrected chi connectivity index (χ4v) is 3.87. The van der Waals surface area contributed by atoms with Crippen LogP contribution >= 0.6 is 0 Å². The van der Waals surface area contributed by atoms with E-state index in [1.165, 1.54) is 0 Å². The van der Waals surface area contributed by atoms with Crippen LogP contribution < -0.4 is 0 Å². The summed E-state index contributed by atoms with van der Waals surface area (Å²) in [5.41, 5.74) is 3.07. The SMILES string of the molecule is O=C(O)C1CCCN(C(=O)Cn2c(-c3ccccc3)cc3ccccc32)C1. The fraction of sp³-hybridized carbons (Fsp3) is 0.273. The van der Waals surface area contributed by atoms with Crippen molar-refractivity contribution in [2.75, 3.05) is 13.1 Å². The first-order valence-electron chi connectivity index (χ1n) is 9.28. The van der Waals surface area contributed by atoms with Crippen molar-refractivity contribution in [1.82, 2.24) is 9.47 Å². The van der Waals surface area contributed by atoms with E-state index in [4.69, 9.17) is 0 Å². The highest BCUT2D eigenvalue weighted by Gasteiger charge is 2.28. The van der Waals surface area contributed by atoms with E-state index < -0.39 is 11.9 Å². The lowest BCUT2D eigenvalue weighted by Gasteiger charge is -2.31. The van der Waals surface area contributed by atoms with Crippen molar-refractivity contribution in [1.29, 1.82) is 0 Å². The van der Waals surface area contributed by atoms with Crippen LogP contribution in [0.4, 0.5) is 0 Å². The van der Waals surface area contributed by atoms with E-state index in [1.54, 1.807) is 4.90 Å². The second-order valence-electron chi connectivity index (χ2n) is 7.06. The molecule has 5 nitrogen and oxygen atoms in total. The standard InChI is InChI=1S/C22H22N2O3/c25-21(23-12-6-10-18(14-23)22(26)27)15-24-19-11-5-4-9-17(19)13-20(24)16-7-2-1-3-8-16/h1-5,7-9,11,13,18H,6,10,12,14-15H2,(H,26,27). The molecule has 1 aliphatic rings. The Morgan fingerprint density at radius 3 is 2.56 bits per heavy atom. The van der Waals surface area contributed by atoms with Crippen LogP contribution in [0.25, 0.3) is 22.2 Å². The van der Waals surface area contributed by atoms with Gasteiger partial charge >= 0.3 is 5.97 Å². The summed E-state index contributed by atoms with van der Waals surface area (Å²) in [5.74, 6) is -1.30. The van der Waals surface area contributed by atoms with Gasteiger partial charge in [0.15, 0.2) is 0 Å². The molecule has 1 amide bonds. The van der Waals surface area contributed by atoms with Gasteiger partial charge in [-0.15, -0.1) is 0 Å². The molecule has 1 unspecified atom stereocenters. The Balaban J connectivity index is 1.67. The van der Waals surface area contributed by atoms with Gasteiger partial charge in [0.2, 0.25) is 5.91 Å². The van der Waals surface area contributed by atoms with Crippen molar-refractivity contribution >= 4 is 22.8 Å². The van der Waals surface area contributed by atoms with Crippen molar-refractivity contribution in [3.63, 3.8) is 0 Å². The summed E-state index contributed by atoms with van der Waals surface area (Å²) in [6.45, 7) is 1.14. The van der Waals surface area contributed by atoms with Gasteiger partial charge in [0, 0.05) is 29.7 Å². The third-order valence-electron chi connectivity index (χ3n) is 5.30. The highest BCUT2D eigenvalue weighted by molar-refractivity contribution is 5.89. The number of rotatable bonds is 4. The first-order valence-corrected chi connectivity index (χ1v) is 9.28. The summed E-state index contributed by atoms with van der Waals surface area (Å²) < 4.78 is 2.04. The highest BCUT2D eigenvalue weighted by Crippen LogP contribution is 2.28. The van der Waals surface area contributed by atoms with Crippen molar-refractivity contribution in [2.45, 2.75) is 19.4 Å². The number of carbonyl (C=O) groups is 2. The van der Waals surface area contributed by atoms with Crippen LogP contribution in [0.15, 0.2) is 60.7 Å². The maximum absolute atomic E-state index is 13.0. The van der Waals surface area contributed by atoms with E-state index in [1.807, 2.05) is 59.2 Å². The molecule has 1 atom stereocenters. The molecule has 27 heavy (non-hydrogen) atoms. The number of likely N-dealkylation sites (tertiary alicyclic amines) is 1. The molecule has 1 aliphatic heterocycles. The Hall–Kier alpha value is -3.08. The minimum absolute atomic E-state index is 0.0283. The number of amides is 1. The number of aliphatic carboxylic acids is 1. The number of nitrogens with zero attached hydrogens (tertiary/aromatic N) is 2. The highest BCUT2D eigenvalue weighted by atomic mass is 16.4. The van der Waals surface area contributed by atoms with Crippen molar-refractivity contribution in [3.8, 4) is 11.3 Å². The van der Waals surface area contributed by atoms with E-state index in [9.17, 15) is 14.7 Å². The van der Waals surface area contributed by atoms with Gasteiger partial charge in [0.1, 0.15) is 6.54 Å². The van der Waals surface area contributed by atoms with Crippen LogP contribution in [0.3, 0.4) is 0 Å². The maximum Gasteiger partial charge on any atom is 0.308 e. The molecule has 1 N–H and O–H groups in total. The first-order chi connectivity index (χ1) is 13.1. The lowest BCUT2D eigenvalue weighted by atomic mass is 9.98. The molecule has 0 spiro atoms. The molecule has 5 heteroatoms. The molecule has 138 valence electrons.